The number of amides is 6. The first-order chi connectivity index (χ1) is 36.1. The molecule has 0 aromatic heterocycles. The Balaban J connectivity index is 1.22. The van der Waals surface area contributed by atoms with Crippen LogP contribution in [0.3, 0.4) is 0 Å². The summed E-state index contributed by atoms with van der Waals surface area (Å²) in [4.78, 5) is 80.5. The van der Waals surface area contributed by atoms with Gasteiger partial charge in [0, 0.05) is 30.0 Å². The van der Waals surface area contributed by atoms with Crippen LogP contribution in [0.4, 0.5) is 26.7 Å². The summed E-state index contributed by atoms with van der Waals surface area (Å²) < 4.78 is 18.1. The van der Waals surface area contributed by atoms with Gasteiger partial charge >= 0.3 is 18.0 Å². The van der Waals surface area contributed by atoms with E-state index in [1.54, 1.807) is 54.6 Å². The highest BCUT2D eigenvalue weighted by atomic mass is 16.6. The molecule has 2 unspecified atom stereocenters. The van der Waals surface area contributed by atoms with Crippen LogP contribution in [0.5, 0.6) is 5.75 Å². The number of rotatable bonds is 12. The number of aliphatic hydroxyl groups excluding tert-OH is 1. The lowest BCUT2D eigenvalue weighted by molar-refractivity contribution is -0.177. The van der Waals surface area contributed by atoms with Crippen molar-refractivity contribution in [3.8, 4) is 17.6 Å². The number of benzene rings is 6. The maximum absolute atomic E-state index is 16.8. The minimum absolute atomic E-state index is 0.0212. The molecular weight excluding hydrogens is 939 g/mol. The van der Waals surface area contributed by atoms with Crippen molar-refractivity contribution < 1.29 is 43.3 Å². The number of hydrogen-bond acceptors (Lipinski definition) is 11. The molecule has 4 heterocycles. The zero-order valence-electron chi connectivity index (χ0n) is 40.6. The quantitative estimate of drug-likeness (QED) is 0.0646. The number of fused-ring (bicyclic) bond motifs is 3. The summed E-state index contributed by atoms with van der Waals surface area (Å²) in [5.74, 6) is 2.66. The number of esters is 1. The molecular formula is C58H55N7O9. The molecule has 3 fully saturated rings. The van der Waals surface area contributed by atoms with Crippen LogP contribution in [-0.2, 0) is 29.3 Å². The molecule has 1 spiro atoms. The average Bonchev–Trinajstić information content (AvgIpc) is 3.97. The Bertz CT molecular complexity index is 3090. The lowest BCUT2D eigenvalue weighted by Crippen LogP contribution is -2.55. The number of urea groups is 2. The van der Waals surface area contributed by atoms with Crippen LogP contribution in [0.25, 0.3) is 0 Å². The SMILES string of the molecule is C[C@@H](NC(=O)N1C(=O)C2(c3cc(C#CCNC(N)=O)ccc31)[C@H](c1ccc(OCCO)cc1)N1C(C(=O)O[C@@H](c3ccccc3)[C@H]1c1ccccc1)[C@@H]2C(=O)Nc1ccc(N2CCOCC2)cc1)c1ccccc1. The second-order valence-corrected chi connectivity index (χ2v) is 18.5. The van der Waals surface area contributed by atoms with Gasteiger partial charge in [0.2, 0.25) is 11.8 Å². The fourth-order valence-corrected chi connectivity index (χ4v) is 11.0. The van der Waals surface area contributed by atoms with Gasteiger partial charge in [-0.25, -0.2) is 14.5 Å². The molecule has 6 N–H and O–H groups in total. The van der Waals surface area contributed by atoms with Crippen LogP contribution in [0.15, 0.2) is 158 Å². The van der Waals surface area contributed by atoms with Gasteiger partial charge in [-0.05, 0) is 89.3 Å². The second-order valence-electron chi connectivity index (χ2n) is 18.5. The molecule has 0 radical (unpaired) electrons. The molecule has 0 saturated carbocycles. The number of nitrogens with two attached hydrogens (primary N) is 1. The third kappa shape index (κ3) is 9.28. The predicted octanol–water partition coefficient (Wildman–Crippen LogP) is 6.69. The molecule has 10 rings (SSSR count). The number of anilines is 3. The van der Waals surface area contributed by atoms with Crippen LogP contribution in [0.1, 0.15) is 64.5 Å². The van der Waals surface area contributed by atoms with Crippen LogP contribution >= 0.6 is 0 Å². The van der Waals surface area contributed by atoms with Crippen molar-refractivity contribution in [2.75, 3.05) is 61.2 Å². The topological polar surface area (TPSA) is 205 Å². The molecule has 16 heteroatoms. The normalized spacial score (nSPS) is 22.4. The fourth-order valence-electron chi connectivity index (χ4n) is 11.0. The Morgan fingerprint density at radius 3 is 2.14 bits per heavy atom. The highest BCUT2D eigenvalue weighted by Crippen LogP contribution is 2.66. The number of nitrogens with zero attached hydrogens (tertiary/aromatic N) is 3. The van der Waals surface area contributed by atoms with Gasteiger partial charge in [-0.3, -0.25) is 19.3 Å². The van der Waals surface area contributed by atoms with Gasteiger partial charge in [0.05, 0.1) is 56.1 Å². The summed E-state index contributed by atoms with van der Waals surface area (Å²) in [6, 6.07) is 42.0. The monoisotopic (exact) mass is 993 g/mol. The van der Waals surface area contributed by atoms with Gasteiger partial charge in [0.15, 0.2) is 0 Å². The van der Waals surface area contributed by atoms with Crippen molar-refractivity contribution in [3.05, 3.63) is 191 Å². The van der Waals surface area contributed by atoms with Gasteiger partial charge in [-0.1, -0.05) is 115 Å². The number of hydrogen-bond donors (Lipinski definition) is 5. The van der Waals surface area contributed by atoms with E-state index < -0.39 is 71.5 Å². The maximum atomic E-state index is 16.8. The lowest BCUT2D eigenvalue weighted by atomic mass is 9.65. The van der Waals surface area contributed by atoms with Crippen molar-refractivity contribution >= 4 is 46.9 Å². The molecule has 6 aromatic rings. The minimum Gasteiger partial charge on any atom is -0.491 e. The average molecular weight is 994 g/mol. The third-order valence-electron chi connectivity index (χ3n) is 14.2. The molecule has 4 aliphatic rings. The zero-order valence-corrected chi connectivity index (χ0v) is 40.6. The van der Waals surface area contributed by atoms with Gasteiger partial charge in [0.25, 0.3) is 0 Å². The molecule has 0 bridgehead atoms. The van der Waals surface area contributed by atoms with Crippen LogP contribution in [0.2, 0.25) is 0 Å². The first kappa shape index (κ1) is 49.1. The van der Waals surface area contributed by atoms with Crippen LogP contribution < -0.4 is 36.2 Å². The molecule has 16 nitrogen and oxygen atoms in total. The summed E-state index contributed by atoms with van der Waals surface area (Å²) in [5, 5.41) is 18.3. The number of primary amides is 1. The summed E-state index contributed by atoms with van der Waals surface area (Å²) in [6.07, 6.45) is -0.944. The minimum atomic E-state index is -2.08. The number of aliphatic hydroxyl groups is 1. The second kappa shape index (κ2) is 21.3. The van der Waals surface area contributed by atoms with E-state index in [1.807, 2.05) is 115 Å². The maximum Gasteiger partial charge on any atom is 0.329 e. The summed E-state index contributed by atoms with van der Waals surface area (Å²) in [5.41, 5.74) is 8.17. The van der Waals surface area contributed by atoms with Crippen LogP contribution in [-0.4, -0.2) is 92.0 Å². The fraction of sp³-hybridized carbons (Fsp3) is 0.259. The number of carbonyl (C=O) groups excluding carboxylic acids is 5. The van der Waals surface area contributed by atoms with Crippen molar-refractivity contribution in [2.45, 2.75) is 42.6 Å². The van der Waals surface area contributed by atoms with Gasteiger partial charge in [0.1, 0.15) is 29.9 Å². The largest absolute Gasteiger partial charge is 0.491 e. The third-order valence-corrected chi connectivity index (χ3v) is 14.2. The Morgan fingerprint density at radius 2 is 1.47 bits per heavy atom. The number of ether oxygens (including phenoxy) is 3. The first-order valence-corrected chi connectivity index (χ1v) is 24.6. The molecule has 7 atom stereocenters. The summed E-state index contributed by atoms with van der Waals surface area (Å²) in [7, 11) is 0. The van der Waals surface area contributed by atoms with Gasteiger partial charge < -0.3 is 45.9 Å². The predicted molar refractivity (Wildman–Crippen MR) is 277 cm³/mol. The molecule has 3 saturated heterocycles. The van der Waals surface area contributed by atoms with E-state index in [2.05, 4.69) is 32.7 Å². The molecule has 74 heavy (non-hydrogen) atoms. The number of imide groups is 1. The highest BCUT2D eigenvalue weighted by Gasteiger charge is 2.75. The van der Waals surface area contributed by atoms with Crippen molar-refractivity contribution in [1.29, 1.82) is 0 Å². The molecule has 376 valence electrons. The smallest absolute Gasteiger partial charge is 0.329 e. The van der Waals surface area contributed by atoms with Crippen molar-refractivity contribution in [2.24, 2.45) is 11.7 Å². The highest BCUT2D eigenvalue weighted by molar-refractivity contribution is 6.25. The number of carbonyl (C=O) groups is 5. The Morgan fingerprint density at radius 1 is 0.811 bits per heavy atom. The standard InChI is InChI=1S/C58H55N7O9/c1-37(39-13-5-2-6-14-39)61-57(71)64-47-28-19-38(12-11-29-60-56(59)70)36-46(47)58(55(64)69)48(53(67)62-43-22-24-44(25-23-43)63-30-33-72-34-31-63)50-54(68)74-51(41-17-9-4-10-18-41)49(40-15-7-3-8-16-40)65(50)52(58)42-20-26-45(27-21-42)73-35-32-66/h2-10,13-28,36-37,48-52,66H,29-35H2,1H3,(H,61,71)(H,62,67)(H3,59,60,70)/t37-,48-,49-,50?,51+,52+,58?/m1/s1. The van der Waals surface area contributed by atoms with E-state index in [-0.39, 0.29) is 31.0 Å². The Kier molecular flexibility index (Phi) is 14.1. The van der Waals surface area contributed by atoms with Gasteiger partial charge in [-0.2, -0.15) is 0 Å². The molecule has 4 aliphatic heterocycles. The van der Waals surface area contributed by atoms with Gasteiger partial charge in [-0.15, -0.1) is 0 Å². The molecule has 0 aliphatic carbocycles. The van der Waals surface area contributed by atoms with E-state index in [0.29, 0.717) is 54.4 Å². The van der Waals surface area contributed by atoms with Crippen molar-refractivity contribution in [1.82, 2.24) is 15.5 Å². The Hall–Kier alpha value is -8.49. The number of cyclic esters (lactones) is 1. The van der Waals surface area contributed by atoms with Crippen LogP contribution in [0, 0.1) is 17.8 Å². The zero-order chi connectivity index (χ0) is 51.3. The van der Waals surface area contributed by atoms with E-state index in [0.717, 1.165) is 21.7 Å². The van der Waals surface area contributed by atoms with E-state index >= 15 is 19.2 Å². The van der Waals surface area contributed by atoms with E-state index in [1.165, 1.54) is 0 Å². The molecule has 6 amide bonds. The van der Waals surface area contributed by atoms with Crippen molar-refractivity contribution in [3.63, 3.8) is 0 Å². The summed E-state index contributed by atoms with van der Waals surface area (Å²) in [6.45, 7) is 4.07. The molecule has 6 aromatic carbocycles. The van der Waals surface area contributed by atoms with E-state index in [4.69, 9.17) is 19.9 Å². The summed E-state index contributed by atoms with van der Waals surface area (Å²) >= 11 is 0. The number of nitrogens with one attached hydrogen (secondary N) is 3. The number of morpholine rings is 2. The van der Waals surface area contributed by atoms with E-state index in [9.17, 15) is 9.90 Å². The Labute approximate surface area is 428 Å². The first-order valence-electron chi connectivity index (χ1n) is 24.6. The lowest BCUT2D eigenvalue weighted by Gasteiger charge is -2.46.